The Hall–Kier alpha value is -1.26. The molecule has 1 aromatic rings. The smallest absolute Gasteiger partial charge is 0.127 e. The van der Waals surface area contributed by atoms with Crippen LogP contribution in [0.25, 0.3) is 0 Å². The highest BCUT2D eigenvalue weighted by Crippen LogP contribution is 2.33. The summed E-state index contributed by atoms with van der Waals surface area (Å²) in [5, 5.41) is 3.22. The molecular formula is C16H27NO3. The predicted octanol–water partition coefficient (Wildman–Crippen LogP) is 3.03. The maximum atomic E-state index is 5.84. The minimum absolute atomic E-state index is 0.165. The second kappa shape index (κ2) is 8.82. The lowest BCUT2D eigenvalue weighted by Crippen LogP contribution is -2.16. The number of ether oxygens (including phenoxy) is 3. The first-order valence-corrected chi connectivity index (χ1v) is 7.14. The quantitative estimate of drug-likeness (QED) is 0.706. The molecule has 0 heterocycles. The zero-order valence-electron chi connectivity index (χ0n) is 13.2. The molecule has 1 atom stereocenters. The molecule has 1 unspecified atom stereocenters. The average Bonchev–Trinajstić information content (AvgIpc) is 2.45. The van der Waals surface area contributed by atoms with Gasteiger partial charge in [0.15, 0.2) is 0 Å². The minimum Gasteiger partial charge on any atom is -0.496 e. The Kier molecular flexibility index (Phi) is 7.41. The molecule has 1 N–H and O–H groups in total. The van der Waals surface area contributed by atoms with Gasteiger partial charge in [-0.3, -0.25) is 0 Å². The normalized spacial score (nSPS) is 12.5. The van der Waals surface area contributed by atoms with Gasteiger partial charge in [0.1, 0.15) is 18.1 Å². The van der Waals surface area contributed by atoms with Gasteiger partial charge in [-0.05, 0) is 32.0 Å². The van der Waals surface area contributed by atoms with Gasteiger partial charge in [0, 0.05) is 12.6 Å². The molecule has 0 bridgehead atoms. The molecule has 0 amide bonds. The Morgan fingerprint density at radius 2 is 1.80 bits per heavy atom. The number of hydrogen-bond donors (Lipinski definition) is 1. The third kappa shape index (κ3) is 5.02. The van der Waals surface area contributed by atoms with E-state index in [1.807, 2.05) is 25.2 Å². The molecule has 1 aromatic carbocycles. The molecule has 0 spiro atoms. The Morgan fingerprint density at radius 3 is 2.40 bits per heavy atom. The van der Waals surface area contributed by atoms with Gasteiger partial charge in [-0.1, -0.05) is 19.9 Å². The van der Waals surface area contributed by atoms with Crippen molar-refractivity contribution < 1.29 is 14.2 Å². The Balaban J connectivity index is 2.64. The monoisotopic (exact) mass is 281 g/mol. The molecule has 4 heteroatoms. The van der Waals surface area contributed by atoms with E-state index in [9.17, 15) is 0 Å². The van der Waals surface area contributed by atoms with Crippen molar-refractivity contribution in [3.8, 4) is 11.5 Å². The van der Waals surface area contributed by atoms with Gasteiger partial charge in [0.2, 0.25) is 0 Å². The molecule has 114 valence electrons. The van der Waals surface area contributed by atoms with Crippen LogP contribution < -0.4 is 14.8 Å². The molecule has 0 fully saturated rings. The van der Waals surface area contributed by atoms with E-state index in [4.69, 9.17) is 14.2 Å². The standard InChI is InChI=1S/C16H27NO3/c1-12(2)11-19-9-10-20-15-8-6-7-14(18-5)16(15)13(3)17-4/h6-8,12-13,17H,9-11H2,1-5H3. The highest BCUT2D eigenvalue weighted by Gasteiger charge is 2.15. The molecule has 4 nitrogen and oxygen atoms in total. The van der Waals surface area contributed by atoms with E-state index in [0.717, 1.165) is 23.7 Å². The highest BCUT2D eigenvalue weighted by atomic mass is 16.5. The fraction of sp³-hybridized carbons (Fsp3) is 0.625. The van der Waals surface area contributed by atoms with Gasteiger partial charge < -0.3 is 19.5 Å². The van der Waals surface area contributed by atoms with Gasteiger partial charge >= 0.3 is 0 Å². The van der Waals surface area contributed by atoms with Crippen LogP contribution in [0.15, 0.2) is 18.2 Å². The lowest BCUT2D eigenvalue weighted by Gasteiger charge is -2.19. The van der Waals surface area contributed by atoms with Crippen molar-refractivity contribution in [3.05, 3.63) is 23.8 Å². The minimum atomic E-state index is 0.165. The van der Waals surface area contributed by atoms with Gasteiger partial charge in [-0.15, -0.1) is 0 Å². The molecule has 0 aliphatic rings. The van der Waals surface area contributed by atoms with E-state index < -0.39 is 0 Å². The van der Waals surface area contributed by atoms with E-state index in [2.05, 4.69) is 26.1 Å². The first-order chi connectivity index (χ1) is 9.60. The van der Waals surface area contributed by atoms with Crippen LogP contribution in [-0.2, 0) is 4.74 Å². The fourth-order valence-corrected chi connectivity index (χ4v) is 1.93. The molecule has 20 heavy (non-hydrogen) atoms. The number of hydrogen-bond acceptors (Lipinski definition) is 4. The van der Waals surface area contributed by atoms with Crippen LogP contribution in [-0.4, -0.2) is 34.0 Å². The molecule has 0 saturated heterocycles. The van der Waals surface area contributed by atoms with Gasteiger partial charge in [0.05, 0.1) is 19.3 Å². The molecule has 0 aliphatic carbocycles. The van der Waals surface area contributed by atoms with Gasteiger partial charge in [-0.2, -0.15) is 0 Å². The first kappa shape index (κ1) is 16.8. The van der Waals surface area contributed by atoms with Crippen LogP contribution in [0.2, 0.25) is 0 Å². The topological polar surface area (TPSA) is 39.7 Å². The molecule has 0 radical (unpaired) electrons. The van der Waals surface area contributed by atoms with Crippen LogP contribution in [0.4, 0.5) is 0 Å². The van der Waals surface area contributed by atoms with Crippen molar-refractivity contribution in [1.82, 2.24) is 5.32 Å². The summed E-state index contributed by atoms with van der Waals surface area (Å²) < 4.78 is 16.8. The summed E-state index contributed by atoms with van der Waals surface area (Å²) in [5.74, 6) is 2.23. The van der Waals surface area contributed by atoms with Crippen LogP contribution in [0.1, 0.15) is 32.4 Å². The van der Waals surface area contributed by atoms with Crippen LogP contribution in [0.3, 0.4) is 0 Å². The van der Waals surface area contributed by atoms with Crippen LogP contribution in [0.5, 0.6) is 11.5 Å². The first-order valence-electron chi connectivity index (χ1n) is 7.14. The second-order valence-corrected chi connectivity index (χ2v) is 5.20. The lowest BCUT2D eigenvalue weighted by atomic mass is 10.1. The summed E-state index contributed by atoms with van der Waals surface area (Å²) in [5.41, 5.74) is 1.04. The number of benzene rings is 1. The summed E-state index contributed by atoms with van der Waals surface area (Å²) in [4.78, 5) is 0. The van der Waals surface area contributed by atoms with Crippen molar-refractivity contribution in [3.63, 3.8) is 0 Å². The Morgan fingerprint density at radius 1 is 1.10 bits per heavy atom. The van der Waals surface area contributed by atoms with Crippen molar-refractivity contribution in [2.24, 2.45) is 5.92 Å². The maximum Gasteiger partial charge on any atom is 0.127 e. The number of nitrogens with one attached hydrogen (secondary N) is 1. The van der Waals surface area contributed by atoms with Crippen molar-refractivity contribution in [2.45, 2.75) is 26.8 Å². The Labute approximate surface area is 122 Å². The van der Waals surface area contributed by atoms with Crippen LogP contribution in [0, 0.1) is 5.92 Å². The molecule has 1 rings (SSSR count). The van der Waals surface area contributed by atoms with Gasteiger partial charge in [0.25, 0.3) is 0 Å². The third-order valence-corrected chi connectivity index (χ3v) is 3.05. The zero-order valence-corrected chi connectivity index (χ0v) is 13.2. The third-order valence-electron chi connectivity index (χ3n) is 3.05. The van der Waals surface area contributed by atoms with Gasteiger partial charge in [-0.25, -0.2) is 0 Å². The van der Waals surface area contributed by atoms with E-state index in [1.54, 1.807) is 7.11 Å². The van der Waals surface area contributed by atoms with E-state index >= 15 is 0 Å². The van der Waals surface area contributed by atoms with Crippen molar-refractivity contribution in [2.75, 3.05) is 34.0 Å². The highest BCUT2D eigenvalue weighted by molar-refractivity contribution is 5.46. The van der Waals surface area contributed by atoms with Crippen molar-refractivity contribution in [1.29, 1.82) is 0 Å². The SMILES string of the molecule is CNC(C)c1c(OC)cccc1OCCOCC(C)C. The predicted molar refractivity (Wildman–Crippen MR) is 81.6 cm³/mol. The molecule has 0 aliphatic heterocycles. The zero-order chi connectivity index (χ0) is 15.0. The summed E-state index contributed by atoms with van der Waals surface area (Å²) in [6, 6.07) is 6.02. The summed E-state index contributed by atoms with van der Waals surface area (Å²) in [6.07, 6.45) is 0. The molecule has 0 aromatic heterocycles. The average molecular weight is 281 g/mol. The number of methoxy groups -OCH3 is 1. The fourth-order valence-electron chi connectivity index (χ4n) is 1.93. The Bertz CT molecular complexity index is 393. The van der Waals surface area contributed by atoms with E-state index in [1.165, 1.54) is 0 Å². The van der Waals surface area contributed by atoms with E-state index in [-0.39, 0.29) is 6.04 Å². The largest absolute Gasteiger partial charge is 0.496 e. The number of rotatable bonds is 9. The van der Waals surface area contributed by atoms with E-state index in [0.29, 0.717) is 19.1 Å². The maximum absolute atomic E-state index is 5.84. The summed E-state index contributed by atoms with van der Waals surface area (Å²) in [6.45, 7) is 8.26. The van der Waals surface area contributed by atoms with Crippen LogP contribution >= 0.6 is 0 Å². The van der Waals surface area contributed by atoms with Crippen molar-refractivity contribution >= 4 is 0 Å². The molecular weight excluding hydrogens is 254 g/mol. The summed E-state index contributed by atoms with van der Waals surface area (Å²) >= 11 is 0. The lowest BCUT2D eigenvalue weighted by molar-refractivity contribution is 0.0814. The molecule has 0 saturated carbocycles. The second-order valence-electron chi connectivity index (χ2n) is 5.20. The summed E-state index contributed by atoms with van der Waals surface area (Å²) in [7, 11) is 3.60.